The van der Waals surface area contributed by atoms with Crippen LogP contribution >= 0.6 is 24.0 Å². The van der Waals surface area contributed by atoms with Crippen molar-refractivity contribution in [3.63, 3.8) is 0 Å². The van der Waals surface area contributed by atoms with E-state index in [1.807, 2.05) is 30.3 Å². The largest absolute Gasteiger partial charge is 0.511 e. The van der Waals surface area contributed by atoms with E-state index >= 15 is 0 Å². The molecule has 166 valence electrons. The minimum absolute atomic E-state index is 0. The molecule has 1 aromatic carbocycles. The predicted molar refractivity (Wildman–Crippen MR) is 120 cm³/mol. The van der Waals surface area contributed by atoms with Gasteiger partial charge in [-0.3, -0.25) is 9.98 Å². The number of nitrogens with one attached hydrogen (secondary N) is 2. The van der Waals surface area contributed by atoms with E-state index in [1.54, 1.807) is 13.2 Å². The number of alkyl halides is 3. The molecule has 2 aromatic rings. The average molecular weight is 557 g/mol. The third-order valence-corrected chi connectivity index (χ3v) is 6.44. The fraction of sp³-hybridized carbons (Fsp3) is 0.444. The number of aliphatic imine (C=N–C) groups is 1. The summed E-state index contributed by atoms with van der Waals surface area (Å²) in [6.07, 6.45) is 2.24. The van der Waals surface area contributed by atoms with Gasteiger partial charge in [0, 0.05) is 44.3 Å². The predicted octanol–water partition coefficient (Wildman–Crippen LogP) is 2.83. The van der Waals surface area contributed by atoms with Crippen molar-refractivity contribution in [2.75, 3.05) is 20.1 Å². The molecule has 1 fully saturated rings. The molecule has 2 N–H and O–H groups in total. The van der Waals surface area contributed by atoms with Gasteiger partial charge in [0.05, 0.1) is 5.52 Å². The number of fused-ring (bicyclic) bond motifs is 1. The van der Waals surface area contributed by atoms with Crippen LogP contribution in [-0.4, -0.2) is 55.4 Å². The highest BCUT2D eigenvalue weighted by Crippen LogP contribution is 2.28. The third kappa shape index (κ3) is 5.52. The van der Waals surface area contributed by atoms with Crippen molar-refractivity contribution in [1.82, 2.24) is 19.9 Å². The molecule has 0 spiro atoms. The monoisotopic (exact) mass is 557 g/mol. The summed E-state index contributed by atoms with van der Waals surface area (Å²) in [6.45, 7) is 0.0861. The van der Waals surface area contributed by atoms with Gasteiger partial charge in [0.2, 0.25) is 0 Å². The molecule has 0 radical (unpaired) electrons. The van der Waals surface area contributed by atoms with E-state index in [0.29, 0.717) is 16.8 Å². The van der Waals surface area contributed by atoms with E-state index in [1.165, 1.54) is 0 Å². The Balaban J connectivity index is 0.00000320. The first-order valence-electron chi connectivity index (χ1n) is 9.08. The van der Waals surface area contributed by atoms with E-state index in [4.69, 9.17) is 0 Å². The summed E-state index contributed by atoms with van der Waals surface area (Å²) in [5.41, 5.74) is -3.40. The Morgan fingerprint density at radius 1 is 1.23 bits per heavy atom. The Labute approximate surface area is 190 Å². The molecule has 3 rings (SSSR count). The van der Waals surface area contributed by atoms with Gasteiger partial charge in [-0.2, -0.15) is 17.5 Å². The molecule has 2 heterocycles. The summed E-state index contributed by atoms with van der Waals surface area (Å²) in [6, 6.07) is 9.53. The number of sulfonamides is 1. The van der Waals surface area contributed by atoms with E-state index in [9.17, 15) is 21.6 Å². The first kappa shape index (κ1) is 24.6. The number of benzene rings is 1. The first-order chi connectivity index (χ1) is 13.7. The minimum atomic E-state index is -5.27. The molecule has 12 heteroatoms. The van der Waals surface area contributed by atoms with Crippen LogP contribution < -0.4 is 10.6 Å². The molecule has 30 heavy (non-hydrogen) atoms. The van der Waals surface area contributed by atoms with Crippen molar-refractivity contribution in [2.24, 2.45) is 4.99 Å². The quantitative estimate of drug-likeness (QED) is 0.343. The van der Waals surface area contributed by atoms with Crippen LogP contribution in [0.4, 0.5) is 13.2 Å². The van der Waals surface area contributed by atoms with Crippen LogP contribution in [-0.2, 0) is 16.6 Å². The van der Waals surface area contributed by atoms with Crippen LogP contribution in [0.5, 0.6) is 0 Å². The van der Waals surface area contributed by atoms with E-state index in [-0.39, 0.29) is 55.9 Å². The van der Waals surface area contributed by atoms with Gasteiger partial charge in [-0.1, -0.05) is 24.3 Å². The molecular formula is C18H23F3IN5O2S. The van der Waals surface area contributed by atoms with Gasteiger partial charge < -0.3 is 10.6 Å². The molecule has 0 aliphatic carbocycles. The van der Waals surface area contributed by atoms with Gasteiger partial charge in [0.25, 0.3) is 0 Å². The molecule has 0 unspecified atom stereocenters. The maximum absolute atomic E-state index is 12.7. The van der Waals surface area contributed by atoms with Gasteiger partial charge in [-0.05, 0) is 24.5 Å². The second-order valence-corrected chi connectivity index (χ2v) is 8.62. The van der Waals surface area contributed by atoms with Crippen LogP contribution in [0.25, 0.3) is 10.9 Å². The number of pyridine rings is 1. The SMILES string of the molecule is CN=C(NCc1cccc2cccnc12)NC1CCN(S(=O)(=O)C(F)(F)F)CC1.I. The zero-order valence-electron chi connectivity index (χ0n) is 16.2. The van der Waals surface area contributed by atoms with Crippen LogP contribution in [0.1, 0.15) is 18.4 Å². The number of nitrogens with zero attached hydrogens (tertiary/aromatic N) is 3. The fourth-order valence-electron chi connectivity index (χ4n) is 3.26. The second-order valence-electron chi connectivity index (χ2n) is 6.69. The number of guanidine groups is 1. The molecular weight excluding hydrogens is 534 g/mol. The summed E-state index contributed by atoms with van der Waals surface area (Å²) in [4.78, 5) is 8.54. The smallest absolute Gasteiger partial charge is 0.354 e. The Morgan fingerprint density at radius 2 is 1.90 bits per heavy atom. The molecule has 1 saturated heterocycles. The third-order valence-electron chi connectivity index (χ3n) is 4.81. The number of aromatic nitrogens is 1. The summed E-state index contributed by atoms with van der Waals surface area (Å²) in [7, 11) is -3.67. The number of hydrogen-bond acceptors (Lipinski definition) is 4. The lowest BCUT2D eigenvalue weighted by atomic mass is 10.1. The van der Waals surface area contributed by atoms with Gasteiger partial charge in [-0.25, -0.2) is 8.42 Å². The van der Waals surface area contributed by atoms with E-state index in [0.717, 1.165) is 16.5 Å². The lowest BCUT2D eigenvalue weighted by molar-refractivity contribution is -0.0494. The van der Waals surface area contributed by atoms with Crippen molar-refractivity contribution in [3.8, 4) is 0 Å². The highest BCUT2D eigenvalue weighted by molar-refractivity contribution is 14.0. The molecule has 0 amide bonds. The number of hydrogen-bond donors (Lipinski definition) is 2. The lowest BCUT2D eigenvalue weighted by Gasteiger charge is -2.32. The number of rotatable bonds is 4. The van der Waals surface area contributed by atoms with Crippen LogP contribution in [0.3, 0.4) is 0 Å². The lowest BCUT2D eigenvalue weighted by Crippen LogP contribution is -2.51. The van der Waals surface area contributed by atoms with Crippen molar-refractivity contribution in [1.29, 1.82) is 0 Å². The standard InChI is InChI=1S/C18H22F3N5O2S.HI/c1-22-17(24-12-14-5-2-4-13-6-3-9-23-16(13)14)25-15-7-10-26(11-8-15)29(27,28)18(19,20)21;/h2-6,9,15H,7-8,10-12H2,1H3,(H2,22,24,25);1H. The molecule has 1 aliphatic rings. The molecule has 1 aliphatic heterocycles. The number of para-hydroxylation sites is 1. The van der Waals surface area contributed by atoms with Gasteiger partial charge in [-0.15, -0.1) is 24.0 Å². The maximum Gasteiger partial charge on any atom is 0.511 e. The van der Waals surface area contributed by atoms with Crippen molar-refractivity contribution in [3.05, 3.63) is 42.1 Å². The van der Waals surface area contributed by atoms with Crippen molar-refractivity contribution in [2.45, 2.75) is 30.9 Å². The Morgan fingerprint density at radius 3 is 2.53 bits per heavy atom. The maximum atomic E-state index is 12.7. The van der Waals surface area contributed by atoms with Crippen LogP contribution in [0, 0.1) is 0 Å². The molecule has 0 bridgehead atoms. The van der Waals surface area contributed by atoms with Crippen LogP contribution in [0.15, 0.2) is 41.5 Å². The summed E-state index contributed by atoms with van der Waals surface area (Å²) in [5.74, 6) is 0.495. The van der Waals surface area contributed by atoms with Gasteiger partial charge in [0.15, 0.2) is 5.96 Å². The minimum Gasteiger partial charge on any atom is -0.354 e. The fourth-order valence-corrected chi connectivity index (χ4v) is 4.25. The zero-order valence-corrected chi connectivity index (χ0v) is 19.3. The summed E-state index contributed by atoms with van der Waals surface area (Å²) < 4.78 is 61.5. The highest BCUT2D eigenvalue weighted by Gasteiger charge is 2.50. The van der Waals surface area contributed by atoms with Crippen LogP contribution in [0.2, 0.25) is 0 Å². The van der Waals surface area contributed by atoms with Crippen molar-refractivity contribution >= 4 is 50.9 Å². The second kappa shape index (κ2) is 10.1. The van der Waals surface area contributed by atoms with Gasteiger partial charge in [0.1, 0.15) is 0 Å². The molecule has 0 atom stereocenters. The summed E-state index contributed by atoms with van der Waals surface area (Å²) in [5, 5.41) is 7.35. The number of halogens is 4. The number of piperidine rings is 1. The topological polar surface area (TPSA) is 86.7 Å². The van der Waals surface area contributed by atoms with E-state index < -0.39 is 15.5 Å². The van der Waals surface area contributed by atoms with Gasteiger partial charge >= 0.3 is 15.5 Å². The molecule has 1 aromatic heterocycles. The Bertz CT molecular complexity index is 987. The Hall–Kier alpha value is -1.67. The van der Waals surface area contributed by atoms with E-state index in [2.05, 4.69) is 20.6 Å². The average Bonchev–Trinajstić information content (AvgIpc) is 2.70. The summed E-state index contributed by atoms with van der Waals surface area (Å²) >= 11 is 0. The molecule has 0 saturated carbocycles. The molecule has 7 nitrogen and oxygen atoms in total. The highest BCUT2D eigenvalue weighted by atomic mass is 127. The Kier molecular flexibility index (Phi) is 8.27. The normalized spacial score (nSPS) is 16.9. The zero-order chi connectivity index (χ0) is 21.1. The van der Waals surface area contributed by atoms with Crippen molar-refractivity contribution < 1.29 is 21.6 Å². The first-order valence-corrected chi connectivity index (χ1v) is 10.5.